The molecule has 0 aliphatic carbocycles. The fourth-order valence-corrected chi connectivity index (χ4v) is 3.57. The summed E-state index contributed by atoms with van der Waals surface area (Å²) in [5, 5.41) is 0. The Hall–Kier alpha value is -1.01. The third-order valence-electron chi connectivity index (χ3n) is 3.35. The Morgan fingerprint density at radius 1 is 1.44 bits per heavy atom. The Labute approximate surface area is 108 Å². The fraction of sp³-hybridized carbons (Fsp3) is 0.667. The molecule has 1 aliphatic heterocycles. The molecule has 2 heterocycles. The molecule has 0 N–H and O–H groups in total. The Morgan fingerprint density at radius 2 is 2.28 bits per heavy atom. The molecule has 100 valence electrons. The molecule has 5 nitrogen and oxygen atoms in total. The van der Waals surface area contributed by atoms with E-state index in [1.165, 1.54) is 0 Å². The van der Waals surface area contributed by atoms with Crippen LogP contribution in [0.5, 0.6) is 0 Å². The highest BCUT2D eigenvalue weighted by Gasteiger charge is 2.27. The van der Waals surface area contributed by atoms with Gasteiger partial charge >= 0.3 is 0 Å². The number of hydrogen-bond donors (Lipinski definition) is 0. The molecule has 18 heavy (non-hydrogen) atoms. The zero-order valence-electron chi connectivity index (χ0n) is 10.6. The predicted molar refractivity (Wildman–Crippen MR) is 69.5 cm³/mol. The molecule has 1 atom stereocenters. The standard InChI is InChI=1S/C12H19N3O2S/c1-2-18(16,17)15-7-3-4-11(10-15)8-12-9-13-5-6-14-12/h5-6,9,11H,2-4,7-8,10H2,1H3/t11-/m0/s1. The average molecular weight is 269 g/mol. The van der Waals surface area contributed by atoms with Crippen molar-refractivity contribution in [3.8, 4) is 0 Å². The largest absolute Gasteiger partial charge is 0.261 e. The lowest BCUT2D eigenvalue weighted by Gasteiger charge is -2.31. The summed E-state index contributed by atoms with van der Waals surface area (Å²) in [4.78, 5) is 8.29. The molecule has 0 amide bonds. The van der Waals surface area contributed by atoms with Crippen LogP contribution in [0.4, 0.5) is 0 Å². The summed E-state index contributed by atoms with van der Waals surface area (Å²) in [6.07, 6.45) is 7.89. The molecule has 0 saturated carbocycles. The maximum Gasteiger partial charge on any atom is 0.213 e. The van der Waals surface area contributed by atoms with Gasteiger partial charge in [0.1, 0.15) is 0 Å². The van der Waals surface area contributed by atoms with Crippen molar-refractivity contribution in [3.05, 3.63) is 24.3 Å². The van der Waals surface area contributed by atoms with E-state index >= 15 is 0 Å². The first kappa shape index (κ1) is 13.4. The van der Waals surface area contributed by atoms with E-state index in [9.17, 15) is 8.42 Å². The minimum atomic E-state index is -3.05. The van der Waals surface area contributed by atoms with Gasteiger partial charge in [0.2, 0.25) is 10.0 Å². The number of hydrogen-bond acceptors (Lipinski definition) is 4. The number of sulfonamides is 1. The van der Waals surface area contributed by atoms with Crippen LogP contribution in [0.25, 0.3) is 0 Å². The lowest BCUT2D eigenvalue weighted by Crippen LogP contribution is -2.41. The first-order valence-corrected chi connectivity index (χ1v) is 7.95. The predicted octanol–water partition coefficient (Wildman–Crippen LogP) is 1.08. The van der Waals surface area contributed by atoms with E-state index in [0.29, 0.717) is 19.0 Å². The van der Waals surface area contributed by atoms with Crippen molar-refractivity contribution in [1.82, 2.24) is 14.3 Å². The van der Waals surface area contributed by atoms with Crippen LogP contribution in [-0.4, -0.2) is 41.5 Å². The Bertz CT molecular complexity index is 475. The van der Waals surface area contributed by atoms with E-state index in [1.54, 1.807) is 29.8 Å². The van der Waals surface area contributed by atoms with E-state index < -0.39 is 10.0 Å². The van der Waals surface area contributed by atoms with E-state index in [2.05, 4.69) is 9.97 Å². The van der Waals surface area contributed by atoms with Crippen LogP contribution >= 0.6 is 0 Å². The van der Waals surface area contributed by atoms with Crippen LogP contribution in [0, 0.1) is 5.92 Å². The smallest absolute Gasteiger partial charge is 0.213 e. The molecule has 1 aromatic rings. The van der Waals surface area contributed by atoms with E-state index in [0.717, 1.165) is 25.0 Å². The maximum absolute atomic E-state index is 11.9. The third kappa shape index (κ3) is 3.26. The minimum absolute atomic E-state index is 0.185. The molecule has 0 unspecified atom stereocenters. The second-order valence-electron chi connectivity index (χ2n) is 4.67. The van der Waals surface area contributed by atoms with Crippen molar-refractivity contribution in [2.24, 2.45) is 5.92 Å². The summed E-state index contributed by atoms with van der Waals surface area (Å²) < 4.78 is 25.3. The monoisotopic (exact) mass is 269 g/mol. The zero-order valence-corrected chi connectivity index (χ0v) is 11.4. The molecule has 0 aromatic carbocycles. The van der Waals surface area contributed by atoms with E-state index in [4.69, 9.17) is 0 Å². The highest BCUT2D eigenvalue weighted by molar-refractivity contribution is 7.89. The third-order valence-corrected chi connectivity index (χ3v) is 5.20. The van der Waals surface area contributed by atoms with Crippen molar-refractivity contribution in [1.29, 1.82) is 0 Å². The molecule has 1 aromatic heterocycles. The molecule has 0 bridgehead atoms. The molecule has 0 spiro atoms. The van der Waals surface area contributed by atoms with Gasteiger partial charge in [-0.15, -0.1) is 0 Å². The minimum Gasteiger partial charge on any atom is -0.261 e. The average Bonchev–Trinajstić information content (AvgIpc) is 2.40. The molecule has 0 radical (unpaired) electrons. The van der Waals surface area contributed by atoms with Gasteiger partial charge in [-0.2, -0.15) is 0 Å². The van der Waals surface area contributed by atoms with Crippen molar-refractivity contribution >= 4 is 10.0 Å². The second kappa shape index (κ2) is 5.75. The van der Waals surface area contributed by atoms with Gasteiger partial charge in [-0.25, -0.2) is 12.7 Å². The van der Waals surface area contributed by atoms with Crippen LogP contribution in [0.3, 0.4) is 0 Å². The SMILES string of the molecule is CCS(=O)(=O)N1CCC[C@@H](Cc2cnccn2)C1. The fourth-order valence-electron chi connectivity index (χ4n) is 2.36. The van der Waals surface area contributed by atoms with Gasteiger partial charge in [0, 0.05) is 31.7 Å². The van der Waals surface area contributed by atoms with Gasteiger partial charge in [0.15, 0.2) is 0 Å². The summed E-state index contributed by atoms with van der Waals surface area (Å²) in [6.45, 7) is 2.97. The summed E-state index contributed by atoms with van der Waals surface area (Å²) in [5.74, 6) is 0.544. The first-order valence-electron chi connectivity index (χ1n) is 6.34. The Morgan fingerprint density at radius 3 is 2.94 bits per heavy atom. The van der Waals surface area contributed by atoms with E-state index in [-0.39, 0.29) is 5.75 Å². The van der Waals surface area contributed by atoms with E-state index in [1.807, 2.05) is 0 Å². The molecule has 1 saturated heterocycles. The second-order valence-corrected chi connectivity index (χ2v) is 6.93. The van der Waals surface area contributed by atoms with Crippen molar-refractivity contribution in [3.63, 3.8) is 0 Å². The van der Waals surface area contributed by atoms with Gasteiger partial charge in [-0.3, -0.25) is 9.97 Å². The molecular formula is C12H19N3O2S. The molecular weight excluding hydrogens is 250 g/mol. The first-order chi connectivity index (χ1) is 8.62. The van der Waals surface area contributed by atoms with Crippen LogP contribution < -0.4 is 0 Å². The Balaban J connectivity index is 1.99. The van der Waals surface area contributed by atoms with Crippen molar-refractivity contribution in [2.75, 3.05) is 18.8 Å². The lowest BCUT2D eigenvalue weighted by molar-refractivity contribution is 0.264. The number of aromatic nitrogens is 2. The summed E-state index contributed by atoms with van der Waals surface area (Å²) >= 11 is 0. The zero-order chi connectivity index (χ0) is 13.0. The topological polar surface area (TPSA) is 63.2 Å². The summed E-state index contributed by atoms with van der Waals surface area (Å²) in [7, 11) is -3.05. The van der Waals surface area contributed by atoms with Crippen molar-refractivity contribution < 1.29 is 8.42 Å². The van der Waals surface area contributed by atoms with Gasteiger partial charge in [0.25, 0.3) is 0 Å². The molecule has 6 heteroatoms. The van der Waals surface area contributed by atoms with Crippen LogP contribution in [-0.2, 0) is 16.4 Å². The summed E-state index contributed by atoms with van der Waals surface area (Å²) in [6, 6.07) is 0. The summed E-state index contributed by atoms with van der Waals surface area (Å²) in [5.41, 5.74) is 0.943. The Kier molecular flexibility index (Phi) is 4.29. The highest BCUT2D eigenvalue weighted by Crippen LogP contribution is 2.22. The van der Waals surface area contributed by atoms with Crippen LogP contribution in [0.15, 0.2) is 18.6 Å². The maximum atomic E-state index is 11.9. The normalized spacial score (nSPS) is 21.9. The van der Waals surface area contributed by atoms with Gasteiger partial charge in [-0.05, 0) is 32.1 Å². The van der Waals surface area contributed by atoms with Gasteiger partial charge in [-0.1, -0.05) is 0 Å². The number of rotatable bonds is 4. The van der Waals surface area contributed by atoms with Crippen LogP contribution in [0.2, 0.25) is 0 Å². The quantitative estimate of drug-likeness (QED) is 0.820. The number of piperidine rings is 1. The van der Waals surface area contributed by atoms with Crippen LogP contribution in [0.1, 0.15) is 25.5 Å². The van der Waals surface area contributed by atoms with Crippen molar-refractivity contribution in [2.45, 2.75) is 26.2 Å². The molecule has 1 aliphatic rings. The van der Waals surface area contributed by atoms with Gasteiger partial charge in [0.05, 0.1) is 11.4 Å². The van der Waals surface area contributed by atoms with Gasteiger partial charge < -0.3 is 0 Å². The highest BCUT2D eigenvalue weighted by atomic mass is 32.2. The molecule has 1 fully saturated rings. The number of nitrogens with zero attached hydrogens (tertiary/aromatic N) is 3. The molecule has 2 rings (SSSR count). The lowest BCUT2D eigenvalue weighted by atomic mass is 9.95.